The highest BCUT2D eigenvalue weighted by atomic mass is 35.5. The average Bonchev–Trinajstić information content (AvgIpc) is 2.63. The van der Waals surface area contributed by atoms with Crippen LogP contribution in [0.15, 0.2) is 18.2 Å². The zero-order chi connectivity index (χ0) is 13.3. The number of aryl methyl sites for hydroxylation is 2. The van der Waals surface area contributed by atoms with Gasteiger partial charge in [0.2, 0.25) is 0 Å². The number of aliphatic hydroxyl groups excluding tert-OH is 1. The van der Waals surface area contributed by atoms with E-state index in [0.29, 0.717) is 10.6 Å². The molecule has 0 bridgehead atoms. The van der Waals surface area contributed by atoms with Crippen LogP contribution in [0.5, 0.6) is 0 Å². The minimum absolute atomic E-state index is 0.161. The second-order valence-electron chi connectivity index (χ2n) is 4.10. The quantitative estimate of drug-likeness (QED) is 0.930. The van der Waals surface area contributed by atoms with Crippen molar-refractivity contribution in [3.63, 3.8) is 0 Å². The van der Waals surface area contributed by atoms with E-state index in [1.807, 2.05) is 13.8 Å². The molecular weight excluding hydrogens is 273 g/mol. The molecule has 0 spiro atoms. The molecule has 0 radical (unpaired) electrons. The van der Waals surface area contributed by atoms with E-state index in [4.69, 9.17) is 11.6 Å². The highest BCUT2D eigenvalue weighted by Gasteiger charge is 2.18. The van der Waals surface area contributed by atoms with E-state index in [1.54, 1.807) is 12.1 Å². The van der Waals surface area contributed by atoms with Crippen LogP contribution < -0.4 is 0 Å². The molecule has 1 heterocycles. The molecule has 18 heavy (non-hydrogen) atoms. The second-order valence-corrected chi connectivity index (χ2v) is 5.74. The number of hydrogen-bond acceptors (Lipinski definition) is 3. The van der Waals surface area contributed by atoms with Crippen LogP contribution in [0.4, 0.5) is 4.39 Å². The first kappa shape index (κ1) is 13.5. The van der Waals surface area contributed by atoms with Crippen molar-refractivity contribution >= 4 is 22.9 Å². The molecule has 1 aromatic carbocycles. The lowest BCUT2D eigenvalue weighted by molar-refractivity contribution is 0.180. The third-order valence-corrected chi connectivity index (χ3v) is 4.23. The van der Waals surface area contributed by atoms with E-state index in [-0.39, 0.29) is 12.2 Å². The van der Waals surface area contributed by atoms with Crippen molar-refractivity contribution in [2.45, 2.75) is 26.4 Å². The van der Waals surface area contributed by atoms with Gasteiger partial charge in [-0.1, -0.05) is 17.7 Å². The van der Waals surface area contributed by atoms with Crippen molar-refractivity contribution in [2.24, 2.45) is 0 Å². The molecule has 0 amide bonds. The summed E-state index contributed by atoms with van der Waals surface area (Å²) < 4.78 is 13.6. The number of nitrogens with zero attached hydrogens (tertiary/aromatic N) is 1. The molecule has 2 aromatic rings. The van der Waals surface area contributed by atoms with Gasteiger partial charge >= 0.3 is 0 Å². The zero-order valence-electron chi connectivity index (χ0n) is 10.1. The highest BCUT2D eigenvalue weighted by molar-refractivity contribution is 7.11. The van der Waals surface area contributed by atoms with E-state index in [9.17, 15) is 9.50 Å². The molecule has 1 N–H and O–H groups in total. The summed E-state index contributed by atoms with van der Waals surface area (Å²) in [6, 6.07) is 4.52. The van der Waals surface area contributed by atoms with E-state index in [0.717, 1.165) is 15.6 Å². The van der Waals surface area contributed by atoms with Crippen LogP contribution in [0.2, 0.25) is 5.02 Å². The lowest BCUT2D eigenvalue weighted by Crippen LogP contribution is -2.04. The van der Waals surface area contributed by atoms with Crippen LogP contribution in [0.3, 0.4) is 0 Å². The fourth-order valence-corrected chi connectivity index (χ4v) is 3.02. The van der Waals surface area contributed by atoms with Crippen LogP contribution >= 0.6 is 22.9 Å². The van der Waals surface area contributed by atoms with Gasteiger partial charge in [-0.3, -0.25) is 0 Å². The maximum Gasteiger partial charge on any atom is 0.127 e. The van der Waals surface area contributed by atoms with Gasteiger partial charge in [0.1, 0.15) is 5.82 Å². The topological polar surface area (TPSA) is 33.1 Å². The normalized spacial score (nSPS) is 12.7. The van der Waals surface area contributed by atoms with Crippen LogP contribution in [-0.4, -0.2) is 10.1 Å². The Kier molecular flexibility index (Phi) is 4.00. The SMILES string of the molecule is Cc1nc(C)c(C(O)Cc2c(F)cccc2Cl)s1. The molecule has 1 aromatic heterocycles. The Morgan fingerprint density at radius 2 is 2.17 bits per heavy atom. The summed E-state index contributed by atoms with van der Waals surface area (Å²) >= 11 is 7.37. The smallest absolute Gasteiger partial charge is 0.127 e. The van der Waals surface area contributed by atoms with Gasteiger partial charge in [0.25, 0.3) is 0 Å². The molecule has 5 heteroatoms. The van der Waals surface area contributed by atoms with Gasteiger partial charge in [0, 0.05) is 17.0 Å². The third kappa shape index (κ3) is 2.71. The number of thiazole rings is 1. The lowest BCUT2D eigenvalue weighted by atomic mass is 10.1. The number of aliphatic hydroxyl groups is 1. The molecule has 2 nitrogen and oxygen atoms in total. The summed E-state index contributed by atoms with van der Waals surface area (Å²) in [6.45, 7) is 3.72. The van der Waals surface area contributed by atoms with Crippen molar-refractivity contribution in [1.82, 2.24) is 4.98 Å². The Hall–Kier alpha value is -0.970. The molecule has 0 saturated carbocycles. The van der Waals surface area contributed by atoms with Gasteiger partial charge in [-0.25, -0.2) is 9.37 Å². The first-order valence-corrected chi connectivity index (χ1v) is 6.73. The van der Waals surface area contributed by atoms with Crippen molar-refractivity contribution in [3.8, 4) is 0 Å². The van der Waals surface area contributed by atoms with Crippen LogP contribution in [0.25, 0.3) is 0 Å². The predicted octanol–water partition coefficient (Wildman–Crippen LogP) is 3.83. The maximum atomic E-state index is 13.6. The summed E-state index contributed by atoms with van der Waals surface area (Å²) in [5.41, 5.74) is 1.13. The van der Waals surface area contributed by atoms with Crippen LogP contribution in [0, 0.1) is 19.7 Å². The van der Waals surface area contributed by atoms with E-state index >= 15 is 0 Å². The van der Waals surface area contributed by atoms with Gasteiger partial charge in [0.05, 0.1) is 21.7 Å². The maximum absolute atomic E-state index is 13.6. The number of aromatic nitrogens is 1. The Labute approximate surface area is 114 Å². The third-order valence-electron chi connectivity index (χ3n) is 2.70. The summed E-state index contributed by atoms with van der Waals surface area (Å²) in [5.74, 6) is -0.388. The minimum atomic E-state index is -0.773. The summed E-state index contributed by atoms with van der Waals surface area (Å²) in [6.07, 6.45) is -0.612. The largest absolute Gasteiger partial charge is 0.387 e. The van der Waals surface area contributed by atoms with Gasteiger partial charge in [-0.2, -0.15) is 0 Å². The molecule has 0 aliphatic heterocycles. The van der Waals surface area contributed by atoms with Crippen molar-refractivity contribution in [3.05, 3.63) is 50.2 Å². The average molecular weight is 286 g/mol. The second kappa shape index (κ2) is 5.34. The fraction of sp³-hybridized carbons (Fsp3) is 0.308. The lowest BCUT2D eigenvalue weighted by Gasteiger charge is -2.11. The van der Waals surface area contributed by atoms with Crippen LogP contribution in [0.1, 0.15) is 27.2 Å². The number of halogens is 2. The minimum Gasteiger partial charge on any atom is -0.387 e. The number of rotatable bonds is 3. The van der Waals surface area contributed by atoms with Gasteiger partial charge in [0.15, 0.2) is 0 Å². The number of benzene rings is 1. The Morgan fingerprint density at radius 1 is 1.44 bits per heavy atom. The van der Waals surface area contributed by atoms with E-state index < -0.39 is 6.10 Å². The summed E-state index contributed by atoms with van der Waals surface area (Å²) in [4.78, 5) is 5.02. The number of hydrogen-bond donors (Lipinski definition) is 1. The first-order chi connectivity index (χ1) is 8.49. The van der Waals surface area contributed by atoms with E-state index in [2.05, 4.69) is 4.98 Å². The molecule has 0 fully saturated rings. The molecule has 1 unspecified atom stereocenters. The first-order valence-electron chi connectivity index (χ1n) is 5.54. The van der Waals surface area contributed by atoms with E-state index in [1.165, 1.54) is 17.4 Å². The molecule has 96 valence electrons. The Balaban J connectivity index is 2.26. The molecule has 0 aliphatic carbocycles. The Bertz CT molecular complexity index is 550. The molecule has 2 rings (SSSR count). The molecule has 1 atom stereocenters. The molecular formula is C13H13ClFNOS. The van der Waals surface area contributed by atoms with Crippen molar-refractivity contribution < 1.29 is 9.50 Å². The van der Waals surface area contributed by atoms with Gasteiger partial charge in [-0.05, 0) is 26.0 Å². The monoisotopic (exact) mass is 285 g/mol. The van der Waals surface area contributed by atoms with Gasteiger partial charge < -0.3 is 5.11 Å². The predicted molar refractivity (Wildman–Crippen MR) is 71.7 cm³/mol. The van der Waals surface area contributed by atoms with Gasteiger partial charge in [-0.15, -0.1) is 11.3 Å². The fourth-order valence-electron chi connectivity index (χ4n) is 1.87. The van der Waals surface area contributed by atoms with Crippen molar-refractivity contribution in [2.75, 3.05) is 0 Å². The highest BCUT2D eigenvalue weighted by Crippen LogP contribution is 2.30. The molecule has 0 saturated heterocycles. The van der Waals surface area contributed by atoms with Crippen molar-refractivity contribution in [1.29, 1.82) is 0 Å². The zero-order valence-corrected chi connectivity index (χ0v) is 11.6. The Morgan fingerprint density at radius 3 is 2.72 bits per heavy atom. The van der Waals surface area contributed by atoms with Crippen LogP contribution in [-0.2, 0) is 6.42 Å². The summed E-state index contributed by atoms with van der Waals surface area (Å²) in [5, 5.41) is 11.4. The molecule has 0 aliphatic rings. The standard InChI is InChI=1S/C13H13ClFNOS/c1-7-13(18-8(2)16-7)12(17)6-9-10(14)4-3-5-11(9)15/h3-5,12,17H,6H2,1-2H3. The summed E-state index contributed by atoms with van der Waals surface area (Å²) in [7, 11) is 0.